The molecule has 0 bridgehead atoms. The first-order chi connectivity index (χ1) is 10.6. The lowest BCUT2D eigenvalue weighted by atomic mass is 10.0. The summed E-state index contributed by atoms with van der Waals surface area (Å²) >= 11 is 3.45. The minimum atomic E-state index is -0.0268. The number of rotatable bonds is 3. The van der Waals surface area contributed by atoms with Gasteiger partial charge in [0.15, 0.2) is 5.76 Å². The summed E-state index contributed by atoms with van der Waals surface area (Å²) in [7, 11) is 0. The van der Waals surface area contributed by atoms with E-state index in [1.807, 2.05) is 24.1 Å². The zero-order valence-corrected chi connectivity index (χ0v) is 14.0. The number of carbonyl (C=O) groups is 1. The fourth-order valence-corrected chi connectivity index (χ4v) is 2.83. The van der Waals surface area contributed by atoms with Crippen LogP contribution in [0.25, 0.3) is 0 Å². The van der Waals surface area contributed by atoms with E-state index in [0.29, 0.717) is 11.8 Å². The number of hydrogen-bond acceptors (Lipinski definition) is 4. The van der Waals surface area contributed by atoms with Gasteiger partial charge in [0.05, 0.1) is 6.26 Å². The lowest BCUT2D eigenvalue weighted by Gasteiger charge is -2.32. The second-order valence-electron chi connectivity index (χ2n) is 5.51. The summed E-state index contributed by atoms with van der Waals surface area (Å²) in [6.07, 6.45) is 5.16. The number of pyridine rings is 1. The highest BCUT2D eigenvalue weighted by Crippen LogP contribution is 2.21. The maximum Gasteiger partial charge on any atom is 0.289 e. The van der Waals surface area contributed by atoms with Crippen molar-refractivity contribution in [1.29, 1.82) is 0 Å². The molecule has 3 heterocycles. The summed E-state index contributed by atoms with van der Waals surface area (Å²) in [6, 6.07) is 5.82. The van der Waals surface area contributed by atoms with E-state index in [1.165, 1.54) is 6.26 Å². The quantitative estimate of drug-likeness (QED) is 0.906. The Labute approximate surface area is 137 Å². The molecule has 2 aromatic rings. The molecule has 5 nitrogen and oxygen atoms in total. The van der Waals surface area contributed by atoms with E-state index in [9.17, 15) is 4.79 Å². The van der Waals surface area contributed by atoms with Crippen LogP contribution in [-0.4, -0.2) is 34.9 Å². The second kappa shape index (κ2) is 6.52. The molecule has 0 unspecified atom stereocenters. The molecule has 22 heavy (non-hydrogen) atoms. The normalized spacial score (nSPS) is 15.8. The molecule has 1 N–H and O–H groups in total. The van der Waals surface area contributed by atoms with Gasteiger partial charge in [0.25, 0.3) is 5.91 Å². The van der Waals surface area contributed by atoms with Crippen molar-refractivity contribution in [2.45, 2.75) is 25.8 Å². The Kier molecular flexibility index (Phi) is 4.47. The number of hydrogen-bond donors (Lipinski definition) is 1. The van der Waals surface area contributed by atoms with Crippen molar-refractivity contribution >= 4 is 27.7 Å². The van der Waals surface area contributed by atoms with E-state index in [0.717, 1.165) is 41.8 Å². The maximum absolute atomic E-state index is 12.2. The van der Waals surface area contributed by atoms with E-state index in [4.69, 9.17) is 4.42 Å². The molecule has 1 fully saturated rings. The Balaban J connectivity index is 1.55. The zero-order valence-electron chi connectivity index (χ0n) is 12.4. The number of carbonyl (C=O) groups excluding carboxylic acids is 1. The highest BCUT2D eigenvalue weighted by Gasteiger charge is 2.25. The first-order valence-corrected chi connectivity index (χ1v) is 8.14. The highest BCUT2D eigenvalue weighted by molar-refractivity contribution is 9.10. The SMILES string of the molecule is Cc1cc(NC2CCN(C(=O)c3ccco3)CC2)ncc1Br. The van der Waals surface area contributed by atoms with Crippen molar-refractivity contribution < 1.29 is 9.21 Å². The fourth-order valence-electron chi connectivity index (χ4n) is 2.61. The van der Waals surface area contributed by atoms with E-state index in [2.05, 4.69) is 26.2 Å². The second-order valence-corrected chi connectivity index (χ2v) is 6.36. The number of nitrogens with one attached hydrogen (secondary N) is 1. The van der Waals surface area contributed by atoms with Crippen LogP contribution in [0.3, 0.4) is 0 Å². The zero-order chi connectivity index (χ0) is 15.5. The molecule has 0 radical (unpaired) electrons. The predicted octanol–water partition coefficient (Wildman–Crippen LogP) is 3.46. The first kappa shape index (κ1) is 15.1. The summed E-state index contributed by atoms with van der Waals surface area (Å²) in [5.41, 5.74) is 1.16. The lowest BCUT2D eigenvalue weighted by molar-refractivity contribution is 0.0686. The molecule has 0 atom stereocenters. The molecule has 1 amide bonds. The monoisotopic (exact) mass is 363 g/mol. The Bertz CT molecular complexity index is 649. The maximum atomic E-state index is 12.2. The summed E-state index contributed by atoms with van der Waals surface area (Å²) in [4.78, 5) is 18.4. The molecule has 2 aromatic heterocycles. The van der Waals surface area contributed by atoms with Gasteiger partial charge < -0.3 is 14.6 Å². The molecule has 6 heteroatoms. The number of anilines is 1. The van der Waals surface area contributed by atoms with Crippen molar-refractivity contribution in [2.24, 2.45) is 0 Å². The van der Waals surface area contributed by atoms with Crippen LogP contribution < -0.4 is 5.32 Å². The lowest BCUT2D eigenvalue weighted by Crippen LogP contribution is -2.42. The van der Waals surface area contributed by atoms with Crippen LogP contribution in [0, 0.1) is 6.92 Å². The predicted molar refractivity (Wildman–Crippen MR) is 87.9 cm³/mol. The van der Waals surface area contributed by atoms with Crippen LogP contribution in [0.15, 0.2) is 39.5 Å². The number of likely N-dealkylation sites (tertiary alicyclic amines) is 1. The Hall–Kier alpha value is -1.82. The number of aromatic nitrogens is 1. The van der Waals surface area contributed by atoms with E-state index in [1.54, 1.807) is 12.1 Å². The summed E-state index contributed by atoms with van der Waals surface area (Å²) in [5, 5.41) is 3.45. The van der Waals surface area contributed by atoms with Crippen molar-refractivity contribution in [3.63, 3.8) is 0 Å². The van der Waals surface area contributed by atoms with Gasteiger partial charge in [-0.1, -0.05) is 0 Å². The van der Waals surface area contributed by atoms with Crippen LogP contribution in [0.1, 0.15) is 29.0 Å². The molecular weight excluding hydrogens is 346 g/mol. The van der Waals surface area contributed by atoms with Gasteiger partial charge in [0.1, 0.15) is 5.82 Å². The Morgan fingerprint density at radius 1 is 1.45 bits per heavy atom. The molecule has 1 saturated heterocycles. The third kappa shape index (κ3) is 3.32. The number of amides is 1. The van der Waals surface area contributed by atoms with Crippen molar-refractivity contribution in [2.75, 3.05) is 18.4 Å². The molecule has 1 aliphatic heterocycles. The number of halogens is 1. The van der Waals surface area contributed by atoms with Gasteiger partial charge in [-0.25, -0.2) is 4.98 Å². The average molecular weight is 364 g/mol. The van der Waals surface area contributed by atoms with Gasteiger partial charge in [-0.3, -0.25) is 4.79 Å². The molecule has 0 aliphatic carbocycles. The third-order valence-corrected chi connectivity index (χ3v) is 4.74. The van der Waals surface area contributed by atoms with Crippen LogP contribution in [0.2, 0.25) is 0 Å². The molecule has 3 rings (SSSR count). The fraction of sp³-hybridized carbons (Fsp3) is 0.375. The molecule has 0 saturated carbocycles. The number of nitrogens with zero attached hydrogens (tertiary/aromatic N) is 2. The third-order valence-electron chi connectivity index (χ3n) is 3.91. The van der Waals surface area contributed by atoms with Crippen molar-refractivity contribution in [3.05, 3.63) is 46.5 Å². The topological polar surface area (TPSA) is 58.4 Å². The number of aryl methyl sites for hydroxylation is 1. The number of piperidine rings is 1. The van der Waals surface area contributed by atoms with E-state index < -0.39 is 0 Å². The van der Waals surface area contributed by atoms with Gasteiger partial charge in [-0.05, 0) is 59.5 Å². The largest absolute Gasteiger partial charge is 0.459 e. The summed E-state index contributed by atoms with van der Waals surface area (Å²) in [6.45, 7) is 3.50. The molecule has 116 valence electrons. The molecule has 0 spiro atoms. The molecule has 1 aliphatic rings. The van der Waals surface area contributed by atoms with Crippen LogP contribution in [0.4, 0.5) is 5.82 Å². The summed E-state index contributed by atoms with van der Waals surface area (Å²) in [5.74, 6) is 1.27. The minimum Gasteiger partial charge on any atom is -0.459 e. The van der Waals surface area contributed by atoms with Gasteiger partial charge in [0, 0.05) is 29.8 Å². The van der Waals surface area contributed by atoms with Crippen LogP contribution in [0.5, 0.6) is 0 Å². The Morgan fingerprint density at radius 2 is 2.23 bits per heavy atom. The average Bonchev–Trinajstić information content (AvgIpc) is 3.05. The smallest absolute Gasteiger partial charge is 0.289 e. The van der Waals surface area contributed by atoms with E-state index in [-0.39, 0.29) is 5.91 Å². The molecule has 0 aromatic carbocycles. The Morgan fingerprint density at radius 3 is 2.86 bits per heavy atom. The summed E-state index contributed by atoms with van der Waals surface area (Å²) < 4.78 is 6.19. The standard InChI is InChI=1S/C16H18BrN3O2/c1-11-9-15(18-10-13(11)17)19-12-4-6-20(7-5-12)16(21)14-3-2-8-22-14/h2-3,8-10,12H,4-7H2,1H3,(H,18,19). The van der Waals surface area contributed by atoms with Gasteiger partial charge in [-0.2, -0.15) is 0 Å². The van der Waals surface area contributed by atoms with E-state index >= 15 is 0 Å². The minimum absolute atomic E-state index is 0.0268. The van der Waals surface area contributed by atoms with Crippen molar-refractivity contribution in [3.8, 4) is 0 Å². The van der Waals surface area contributed by atoms with Gasteiger partial charge in [-0.15, -0.1) is 0 Å². The highest BCUT2D eigenvalue weighted by atomic mass is 79.9. The van der Waals surface area contributed by atoms with Gasteiger partial charge >= 0.3 is 0 Å². The van der Waals surface area contributed by atoms with Gasteiger partial charge in [0.2, 0.25) is 0 Å². The van der Waals surface area contributed by atoms with Crippen LogP contribution in [-0.2, 0) is 0 Å². The number of furan rings is 1. The van der Waals surface area contributed by atoms with Crippen LogP contribution >= 0.6 is 15.9 Å². The first-order valence-electron chi connectivity index (χ1n) is 7.35. The molecular formula is C16H18BrN3O2. The van der Waals surface area contributed by atoms with Crippen molar-refractivity contribution in [1.82, 2.24) is 9.88 Å².